The second-order valence-corrected chi connectivity index (χ2v) is 6.54. The summed E-state index contributed by atoms with van der Waals surface area (Å²) in [6, 6.07) is 3.70. The second kappa shape index (κ2) is 5.98. The molecule has 0 radical (unpaired) electrons. The van der Waals surface area contributed by atoms with Crippen molar-refractivity contribution in [2.24, 2.45) is 5.73 Å². The molecule has 0 spiro atoms. The van der Waals surface area contributed by atoms with Crippen LogP contribution < -0.4 is 10.5 Å². The highest BCUT2D eigenvalue weighted by molar-refractivity contribution is 7.89. The SMILES string of the molecule is CCC(N)(CC)CNS(=O)(=O)c1cc(F)ccc1C. The summed E-state index contributed by atoms with van der Waals surface area (Å²) in [7, 11) is -3.74. The van der Waals surface area contributed by atoms with Gasteiger partial charge in [0.2, 0.25) is 10.0 Å². The molecule has 6 heteroatoms. The van der Waals surface area contributed by atoms with E-state index in [0.717, 1.165) is 6.07 Å². The summed E-state index contributed by atoms with van der Waals surface area (Å²) in [5.41, 5.74) is 5.98. The number of halogens is 1. The number of aryl methyl sites for hydroxylation is 1. The van der Waals surface area contributed by atoms with E-state index in [1.54, 1.807) is 6.92 Å². The zero-order valence-corrected chi connectivity index (χ0v) is 12.3. The lowest BCUT2D eigenvalue weighted by Crippen LogP contribution is -2.49. The molecule has 4 nitrogen and oxygen atoms in total. The highest BCUT2D eigenvalue weighted by atomic mass is 32.2. The molecule has 0 aromatic heterocycles. The number of nitrogens with one attached hydrogen (secondary N) is 1. The zero-order valence-electron chi connectivity index (χ0n) is 11.5. The van der Waals surface area contributed by atoms with Crippen LogP contribution in [0.3, 0.4) is 0 Å². The summed E-state index contributed by atoms with van der Waals surface area (Å²) < 4.78 is 39.9. The van der Waals surface area contributed by atoms with Crippen molar-refractivity contribution in [1.29, 1.82) is 0 Å². The quantitative estimate of drug-likeness (QED) is 0.840. The van der Waals surface area contributed by atoms with Crippen LogP contribution in [0.1, 0.15) is 32.3 Å². The van der Waals surface area contributed by atoms with Gasteiger partial charge in [-0.3, -0.25) is 0 Å². The van der Waals surface area contributed by atoms with Gasteiger partial charge in [0, 0.05) is 12.1 Å². The zero-order chi connectivity index (χ0) is 14.7. The first kappa shape index (κ1) is 16.1. The number of hydrogen-bond donors (Lipinski definition) is 2. The maximum absolute atomic E-state index is 13.2. The predicted molar refractivity (Wildman–Crippen MR) is 73.8 cm³/mol. The Morgan fingerprint density at radius 1 is 1.32 bits per heavy atom. The minimum absolute atomic E-state index is 0.0398. The molecule has 0 saturated carbocycles. The first-order valence-electron chi connectivity index (χ1n) is 6.29. The monoisotopic (exact) mass is 288 g/mol. The lowest BCUT2D eigenvalue weighted by atomic mass is 9.95. The smallest absolute Gasteiger partial charge is 0.240 e. The third-order valence-corrected chi connectivity index (χ3v) is 5.01. The molecule has 0 heterocycles. The standard InChI is InChI=1S/C13H21FN2O2S/c1-4-13(15,5-2)9-16-19(17,18)12-8-11(14)7-6-10(12)3/h6-8,16H,4-5,9,15H2,1-3H3. The van der Waals surface area contributed by atoms with Crippen molar-refractivity contribution in [3.63, 3.8) is 0 Å². The number of rotatable bonds is 6. The van der Waals surface area contributed by atoms with Crippen LogP contribution in [0.4, 0.5) is 4.39 Å². The van der Waals surface area contributed by atoms with Crippen LogP contribution in [0.2, 0.25) is 0 Å². The minimum atomic E-state index is -3.74. The summed E-state index contributed by atoms with van der Waals surface area (Å²) in [5, 5.41) is 0. The normalized spacial score (nSPS) is 12.7. The average Bonchev–Trinajstić information content (AvgIpc) is 2.39. The molecule has 1 rings (SSSR count). The minimum Gasteiger partial charge on any atom is -0.324 e. The van der Waals surface area contributed by atoms with Crippen LogP contribution in [0.25, 0.3) is 0 Å². The largest absolute Gasteiger partial charge is 0.324 e. The van der Waals surface area contributed by atoms with E-state index >= 15 is 0 Å². The van der Waals surface area contributed by atoms with Crippen LogP contribution in [-0.2, 0) is 10.0 Å². The van der Waals surface area contributed by atoms with Gasteiger partial charge in [-0.25, -0.2) is 17.5 Å². The first-order chi connectivity index (χ1) is 8.74. The van der Waals surface area contributed by atoms with E-state index in [-0.39, 0.29) is 11.4 Å². The molecule has 19 heavy (non-hydrogen) atoms. The molecule has 1 aromatic carbocycles. The molecule has 0 aliphatic rings. The Morgan fingerprint density at radius 2 is 1.89 bits per heavy atom. The number of nitrogens with two attached hydrogens (primary N) is 1. The number of hydrogen-bond acceptors (Lipinski definition) is 3. The molecule has 108 valence electrons. The topological polar surface area (TPSA) is 72.2 Å². The molecular formula is C13H21FN2O2S. The van der Waals surface area contributed by atoms with Gasteiger partial charge in [-0.05, 0) is 37.5 Å². The third kappa shape index (κ3) is 3.99. The average molecular weight is 288 g/mol. The van der Waals surface area contributed by atoms with Crippen LogP contribution in [0, 0.1) is 12.7 Å². The predicted octanol–water partition coefficient (Wildman–Crippen LogP) is 1.93. The van der Waals surface area contributed by atoms with E-state index < -0.39 is 21.4 Å². The van der Waals surface area contributed by atoms with Crippen molar-refractivity contribution >= 4 is 10.0 Å². The van der Waals surface area contributed by atoms with Gasteiger partial charge in [0.05, 0.1) is 4.90 Å². The van der Waals surface area contributed by atoms with E-state index in [0.29, 0.717) is 18.4 Å². The molecule has 0 aliphatic heterocycles. The van der Waals surface area contributed by atoms with Crippen LogP contribution in [0.5, 0.6) is 0 Å². The summed E-state index contributed by atoms with van der Waals surface area (Å²) >= 11 is 0. The fraction of sp³-hybridized carbons (Fsp3) is 0.538. The molecule has 0 atom stereocenters. The van der Waals surface area contributed by atoms with Crippen LogP contribution >= 0.6 is 0 Å². The van der Waals surface area contributed by atoms with Gasteiger partial charge in [-0.2, -0.15) is 0 Å². The number of sulfonamides is 1. The van der Waals surface area contributed by atoms with Crippen molar-refractivity contribution in [3.05, 3.63) is 29.6 Å². The molecule has 3 N–H and O–H groups in total. The molecule has 0 unspecified atom stereocenters. The van der Waals surface area contributed by atoms with E-state index in [2.05, 4.69) is 4.72 Å². The Labute approximate surface area is 114 Å². The van der Waals surface area contributed by atoms with Crippen molar-refractivity contribution < 1.29 is 12.8 Å². The van der Waals surface area contributed by atoms with Crippen molar-refractivity contribution in [2.75, 3.05) is 6.54 Å². The Hall–Kier alpha value is -0.980. The lowest BCUT2D eigenvalue weighted by molar-refractivity contribution is 0.391. The third-order valence-electron chi connectivity index (χ3n) is 3.46. The van der Waals surface area contributed by atoms with Crippen LogP contribution in [-0.4, -0.2) is 20.5 Å². The van der Waals surface area contributed by atoms with E-state index in [1.165, 1.54) is 12.1 Å². The Balaban J connectivity index is 2.96. The molecule has 1 aromatic rings. The van der Waals surface area contributed by atoms with Gasteiger partial charge in [0.15, 0.2) is 0 Å². The van der Waals surface area contributed by atoms with E-state index in [1.807, 2.05) is 13.8 Å². The fourth-order valence-electron chi connectivity index (χ4n) is 1.68. The molecule has 0 bridgehead atoms. The van der Waals surface area contributed by atoms with Gasteiger partial charge in [-0.15, -0.1) is 0 Å². The fourth-order valence-corrected chi connectivity index (χ4v) is 3.07. The molecule has 0 aliphatic carbocycles. The van der Waals surface area contributed by atoms with E-state index in [9.17, 15) is 12.8 Å². The summed E-state index contributed by atoms with van der Waals surface area (Å²) in [4.78, 5) is -0.0398. The second-order valence-electron chi connectivity index (χ2n) is 4.80. The maximum Gasteiger partial charge on any atom is 0.240 e. The van der Waals surface area contributed by atoms with Crippen molar-refractivity contribution in [1.82, 2.24) is 4.72 Å². The van der Waals surface area contributed by atoms with Crippen molar-refractivity contribution in [2.45, 2.75) is 44.0 Å². The molecule has 0 fully saturated rings. The lowest BCUT2D eigenvalue weighted by Gasteiger charge is -2.26. The summed E-state index contributed by atoms with van der Waals surface area (Å²) in [6.45, 7) is 5.58. The highest BCUT2D eigenvalue weighted by Crippen LogP contribution is 2.17. The summed E-state index contributed by atoms with van der Waals surface area (Å²) in [6.07, 6.45) is 1.32. The van der Waals surface area contributed by atoms with Crippen molar-refractivity contribution in [3.8, 4) is 0 Å². The Kier molecular flexibility index (Phi) is 5.06. The molecule has 0 saturated heterocycles. The van der Waals surface area contributed by atoms with Gasteiger partial charge >= 0.3 is 0 Å². The van der Waals surface area contributed by atoms with Gasteiger partial charge in [0.25, 0.3) is 0 Å². The van der Waals surface area contributed by atoms with Gasteiger partial charge < -0.3 is 5.73 Å². The molecule has 0 amide bonds. The number of benzene rings is 1. The summed E-state index contributed by atoms with van der Waals surface area (Å²) in [5.74, 6) is -0.573. The highest BCUT2D eigenvalue weighted by Gasteiger charge is 2.25. The van der Waals surface area contributed by atoms with Gasteiger partial charge in [-0.1, -0.05) is 19.9 Å². The Bertz CT molecular complexity index is 540. The Morgan fingerprint density at radius 3 is 2.42 bits per heavy atom. The van der Waals surface area contributed by atoms with Gasteiger partial charge in [0.1, 0.15) is 5.82 Å². The maximum atomic E-state index is 13.2. The molecular weight excluding hydrogens is 267 g/mol. The van der Waals surface area contributed by atoms with E-state index in [4.69, 9.17) is 5.73 Å². The first-order valence-corrected chi connectivity index (χ1v) is 7.77. The van der Waals surface area contributed by atoms with Crippen LogP contribution in [0.15, 0.2) is 23.1 Å².